The van der Waals surface area contributed by atoms with Gasteiger partial charge in [-0.15, -0.1) is 29.3 Å². The van der Waals surface area contributed by atoms with Gasteiger partial charge in [-0.1, -0.05) is 185 Å². The number of aromatic nitrogens is 3. The number of phenols is 1. The molecule has 0 saturated carbocycles. The molecule has 8 rings (SSSR count). The van der Waals surface area contributed by atoms with Crippen molar-refractivity contribution in [1.82, 2.24) is 14.5 Å². The maximum atomic E-state index is 13.0. The van der Waals surface area contributed by atoms with Crippen LogP contribution in [0.2, 0.25) is 0 Å². The fourth-order valence-corrected chi connectivity index (χ4v) is 7.90. The van der Waals surface area contributed by atoms with Crippen molar-refractivity contribution in [3.05, 3.63) is 168 Å². The molecule has 0 aliphatic rings. The predicted molar refractivity (Wildman–Crippen MR) is 261 cm³/mol. The molecule has 6 aromatic carbocycles. The molecule has 0 aliphatic carbocycles. The van der Waals surface area contributed by atoms with E-state index < -0.39 is 91.0 Å². The van der Waals surface area contributed by atoms with Gasteiger partial charge in [-0.3, -0.25) is 9.55 Å². The quantitative estimate of drug-likeness (QED) is 0.169. The van der Waals surface area contributed by atoms with Crippen molar-refractivity contribution in [2.75, 3.05) is 0 Å². The Kier molecular flexibility index (Phi) is 7.38. The number of hydrogen-bond acceptors (Lipinski definition) is 3. The zero-order valence-electron chi connectivity index (χ0n) is 53.9. The Morgan fingerprint density at radius 2 is 1.19 bits per heavy atom. The first-order valence-electron chi connectivity index (χ1n) is 29.4. The summed E-state index contributed by atoms with van der Waals surface area (Å²) in [7, 11) is 0. The summed E-state index contributed by atoms with van der Waals surface area (Å²) in [4.78, 5) is 9.92. The first-order valence-corrected chi connectivity index (χ1v) is 20.4. The Bertz CT molecular complexity index is 3550. The average molecular weight is 1030 g/mol. The van der Waals surface area contributed by atoms with Crippen LogP contribution in [0.3, 0.4) is 0 Å². The molecule has 0 unspecified atom stereocenters. The van der Waals surface area contributed by atoms with E-state index in [0.717, 1.165) is 39.4 Å². The third-order valence-electron chi connectivity index (χ3n) is 11.2. The molecule has 0 atom stereocenters. The molecule has 1 N–H and O–H groups in total. The minimum atomic E-state index is -4.13. The largest absolute Gasteiger partial charge is 0.507 e. The summed E-state index contributed by atoms with van der Waals surface area (Å²) in [5.41, 5.74) is -4.63. The molecule has 4 nitrogen and oxygen atoms in total. The van der Waals surface area contributed by atoms with Crippen LogP contribution in [0.1, 0.15) is 130 Å². The van der Waals surface area contributed by atoms with Crippen molar-refractivity contribution < 1.29 is 50.8 Å². The number of pyridine rings is 1. The summed E-state index contributed by atoms with van der Waals surface area (Å²) >= 11 is 0. The van der Waals surface area contributed by atoms with Gasteiger partial charge in [0.25, 0.3) is 0 Å². The zero-order valence-corrected chi connectivity index (χ0v) is 38.2. The summed E-state index contributed by atoms with van der Waals surface area (Å²) in [6.45, 7) is -12.4. The second kappa shape index (κ2) is 16.9. The Balaban J connectivity index is 0.00000946. The van der Waals surface area contributed by atoms with Crippen LogP contribution in [0.4, 0.5) is 0 Å². The standard InChI is InChI=1S/C58H60N3O.Pt/c1-55(2,3)42-31-40(30-41(32-42)50-33-39(28-29-59-50)37-20-15-13-16-21-37)46-24-19-25-51-52(46)60-54(47-34-43(56(4,5)6)35-49(53(47)62)58(10,11)12)61(51)44-26-27-45(38-22-17-14-18-23-38)48(36-44)57(7,8)9;/h13-29,31-36,62H,1-12H3;/q-1;/i4D3,5D3,6D3,10D3,11D3,12D3;. The van der Waals surface area contributed by atoms with E-state index in [4.69, 9.17) is 34.6 Å². The van der Waals surface area contributed by atoms with Crippen LogP contribution < -0.4 is 0 Å². The van der Waals surface area contributed by atoms with Gasteiger partial charge in [0, 0.05) is 68.9 Å². The summed E-state index contributed by atoms with van der Waals surface area (Å²) < 4.78 is 159. The van der Waals surface area contributed by atoms with Gasteiger partial charge in [0.2, 0.25) is 0 Å². The molecule has 0 saturated heterocycles. The van der Waals surface area contributed by atoms with Crippen molar-refractivity contribution in [1.29, 1.82) is 0 Å². The Morgan fingerprint density at radius 1 is 0.540 bits per heavy atom. The molecule has 0 fully saturated rings. The first-order chi connectivity index (χ1) is 36.7. The molecule has 0 bridgehead atoms. The molecular weight excluding hydrogens is 950 g/mol. The first kappa shape index (κ1) is 27.6. The minimum Gasteiger partial charge on any atom is -0.507 e. The molecular formula is C58H60N3OPt-. The van der Waals surface area contributed by atoms with E-state index in [2.05, 4.69) is 6.07 Å². The second-order valence-corrected chi connectivity index (χ2v) is 18.0. The summed E-state index contributed by atoms with van der Waals surface area (Å²) in [6.07, 6.45) is 1.70. The average Bonchev–Trinajstić information content (AvgIpc) is 3.72. The minimum absolute atomic E-state index is 0. The van der Waals surface area contributed by atoms with E-state index in [-0.39, 0.29) is 32.1 Å². The zero-order chi connectivity index (χ0) is 59.4. The number of hydrogen-bond donors (Lipinski definition) is 1. The second-order valence-electron chi connectivity index (χ2n) is 18.0. The maximum absolute atomic E-state index is 13.0. The van der Waals surface area contributed by atoms with Gasteiger partial charge >= 0.3 is 0 Å². The van der Waals surface area contributed by atoms with Gasteiger partial charge in [-0.05, 0) is 85.4 Å². The summed E-state index contributed by atoms with van der Waals surface area (Å²) in [6, 6.07) is 42.2. The van der Waals surface area contributed by atoms with E-state index in [1.54, 1.807) is 30.5 Å². The Labute approximate surface area is 415 Å². The van der Waals surface area contributed by atoms with E-state index in [1.807, 2.05) is 139 Å². The molecule has 63 heavy (non-hydrogen) atoms. The van der Waals surface area contributed by atoms with Gasteiger partial charge in [0.1, 0.15) is 11.6 Å². The van der Waals surface area contributed by atoms with Crippen LogP contribution in [0.15, 0.2) is 140 Å². The molecule has 2 heterocycles. The predicted octanol–water partition coefficient (Wildman–Crippen LogP) is 15.4. The van der Waals surface area contributed by atoms with Crippen LogP contribution in [-0.2, 0) is 42.7 Å². The summed E-state index contributed by atoms with van der Waals surface area (Å²) in [5.74, 6) is -1.76. The van der Waals surface area contributed by atoms with E-state index in [1.165, 1.54) is 4.57 Å². The molecule has 8 aromatic rings. The molecule has 0 amide bonds. The molecule has 5 heteroatoms. The van der Waals surface area contributed by atoms with Crippen LogP contribution in [0, 0.1) is 6.07 Å². The Hall–Kier alpha value is -5.57. The summed E-state index contributed by atoms with van der Waals surface area (Å²) in [5, 5.41) is 13.0. The van der Waals surface area contributed by atoms with Crippen LogP contribution in [0.5, 0.6) is 5.75 Å². The van der Waals surface area contributed by atoms with E-state index >= 15 is 0 Å². The maximum Gasteiger partial charge on any atom is 0.148 e. The van der Waals surface area contributed by atoms with Crippen LogP contribution in [0.25, 0.3) is 72.7 Å². The van der Waals surface area contributed by atoms with Gasteiger partial charge < -0.3 is 5.11 Å². The molecule has 324 valence electrons. The topological polar surface area (TPSA) is 50.9 Å². The van der Waals surface area contributed by atoms with Crippen molar-refractivity contribution in [3.8, 4) is 67.5 Å². The number of phenolic OH excluding ortho intramolecular Hbond substituents is 1. The number of rotatable bonds is 6. The number of aromatic hydroxyl groups is 1. The Morgan fingerprint density at radius 3 is 1.84 bits per heavy atom. The van der Waals surface area contributed by atoms with Gasteiger partial charge in [0.05, 0.1) is 16.6 Å². The van der Waals surface area contributed by atoms with Crippen molar-refractivity contribution >= 4 is 11.0 Å². The molecule has 0 aliphatic heterocycles. The molecule has 0 radical (unpaired) electrons. The number of benzene rings is 6. The monoisotopic (exact) mass is 1030 g/mol. The van der Waals surface area contributed by atoms with Crippen LogP contribution in [-0.4, -0.2) is 19.6 Å². The normalized spacial score (nSPS) is 17.8. The number of para-hydroxylation sites is 1. The fraction of sp³-hybridized carbons (Fsp3) is 0.276. The SMILES string of the molecule is [2H]C([2H])([2H])C(c1cc(-c2nc3c(-c4[c-]c(-c5cc(-c6ccccc6)ccn5)cc(C(C)(C)C)c4)cccc3n2-c2ccc(-c3ccccc3)c(C(C)(C)C)c2)c(O)c(C(C([2H])([2H])[2H])(C([2H])([2H])[2H])C([2H])([2H])[2H])c1)(C([2H])([2H])[2H])C([2H])([2H])[2H].[Pt]. The molecule has 0 spiro atoms. The van der Waals surface area contributed by atoms with Gasteiger partial charge in [-0.2, -0.15) is 0 Å². The van der Waals surface area contributed by atoms with Gasteiger partial charge in [-0.25, -0.2) is 4.98 Å². The van der Waals surface area contributed by atoms with Crippen molar-refractivity contribution in [2.45, 2.75) is 104 Å². The van der Waals surface area contributed by atoms with Crippen molar-refractivity contribution in [2.24, 2.45) is 0 Å². The number of imidazole rings is 1. The third-order valence-corrected chi connectivity index (χ3v) is 11.2. The number of nitrogens with zero attached hydrogens (tertiary/aromatic N) is 3. The van der Waals surface area contributed by atoms with Crippen molar-refractivity contribution in [3.63, 3.8) is 0 Å². The fourth-order valence-electron chi connectivity index (χ4n) is 7.90. The third kappa shape index (κ3) is 9.11. The smallest absolute Gasteiger partial charge is 0.148 e. The molecule has 2 aromatic heterocycles. The van der Waals surface area contributed by atoms with E-state index in [0.29, 0.717) is 34.1 Å². The number of fused-ring (bicyclic) bond motifs is 1. The van der Waals surface area contributed by atoms with Gasteiger partial charge in [0.15, 0.2) is 0 Å². The van der Waals surface area contributed by atoms with Crippen LogP contribution >= 0.6 is 0 Å². The van der Waals surface area contributed by atoms with E-state index in [9.17, 15) is 5.11 Å².